The molecule has 6 saturated heterocycles. The van der Waals surface area contributed by atoms with Crippen LogP contribution in [-0.2, 0) is 48.1 Å². The third kappa shape index (κ3) is 54.4. The van der Waals surface area contributed by atoms with E-state index in [4.69, 9.17) is 10.3 Å². The summed E-state index contributed by atoms with van der Waals surface area (Å²) < 4.78 is 12.4. The molecule has 0 radical (unpaired) electrons. The molecule has 0 aromatic heterocycles. The predicted molar refractivity (Wildman–Crippen MR) is 581 cm³/mol. The number of hydrogen-bond donors (Lipinski definition) is 3. The first-order chi connectivity index (χ1) is 62.6. The topological polar surface area (TPSA) is 122 Å². The molecule has 6 aromatic carbocycles. The number of carbonyl (C=O) groups is 2. The van der Waals surface area contributed by atoms with Crippen LogP contribution in [0.1, 0.15) is 208 Å². The zero-order valence-corrected chi connectivity index (χ0v) is 93.4. The SMILES string of the molecule is CCC[CH2][Sn]([CH2]CCC)([CH2]CCC)[c]1ccc(CCN(C)CCN2CCCCC2)cc1.CN(CCN1CCCCC1)C(=O)Cc1ccc(Br)cc1.CN(CCc1ccc(Br)cc1)CCN1CCCCC1.CN(CCc1ccc(I)cc1)CCN1CCCCC1.CN(CCc1ccc([125I])cc1)CCN1CCCCC1.O=C(O)Cc1ccc(Br)cc1.ONCCN1CCCCC1. The van der Waals surface area contributed by atoms with E-state index in [-0.39, 0.29) is 12.3 Å². The van der Waals surface area contributed by atoms with Gasteiger partial charge in [-0.25, -0.2) is 5.48 Å². The predicted octanol–water partition coefficient (Wildman–Crippen LogP) is 22.1. The molecule has 0 bridgehead atoms. The average Bonchev–Trinajstić information content (AvgIpc) is 0.807. The van der Waals surface area contributed by atoms with Crippen molar-refractivity contribution in [3.05, 3.63) is 200 Å². The number of hydroxylamine groups is 1. The minimum Gasteiger partial charge on any atom is -0.481 e. The van der Waals surface area contributed by atoms with Crippen LogP contribution in [0.3, 0.4) is 0 Å². The molecule has 6 heterocycles. The van der Waals surface area contributed by atoms with Gasteiger partial charge in [-0.15, -0.1) is 0 Å². The number of carboxylic acid groups (broad SMARTS) is 1. The normalized spacial score (nSPS) is 16.2. The summed E-state index contributed by atoms with van der Waals surface area (Å²) in [4.78, 5) is 49.5. The summed E-state index contributed by atoms with van der Waals surface area (Å²) in [6, 6.07) is 51.8. The van der Waals surface area contributed by atoms with E-state index in [1.54, 1.807) is 25.4 Å². The second-order valence-corrected chi connectivity index (χ2v) is 56.0. The van der Waals surface area contributed by atoms with E-state index < -0.39 is 24.3 Å². The second kappa shape index (κ2) is 71.9. The number of rotatable bonds is 44. The Morgan fingerprint density at radius 3 is 0.899 bits per heavy atom. The van der Waals surface area contributed by atoms with Gasteiger partial charge in [-0.2, -0.15) is 0 Å². The number of piperidine rings is 6. The summed E-state index contributed by atoms with van der Waals surface area (Å²) >= 11 is 12.6. The summed E-state index contributed by atoms with van der Waals surface area (Å²) in [5.41, 5.74) is 9.93. The van der Waals surface area contributed by atoms with E-state index >= 15 is 0 Å². The van der Waals surface area contributed by atoms with Crippen LogP contribution in [0.15, 0.2) is 159 Å². The summed E-state index contributed by atoms with van der Waals surface area (Å²) in [5, 5.41) is 16.7. The Bertz CT molecular complexity index is 3540. The molecule has 0 spiro atoms. The Balaban J connectivity index is 0.000000238. The Kier molecular flexibility index (Phi) is 64.2. The third-order valence-corrected chi connectivity index (χ3v) is 45.3. The number of halogens is 5. The van der Waals surface area contributed by atoms with Crippen molar-refractivity contribution in [3.63, 3.8) is 0 Å². The molecular weight excluding hydrogens is 2130 g/mol. The van der Waals surface area contributed by atoms with Crippen molar-refractivity contribution in [3.8, 4) is 0 Å². The van der Waals surface area contributed by atoms with Crippen molar-refractivity contribution in [1.29, 1.82) is 0 Å². The molecule has 0 saturated carbocycles. The van der Waals surface area contributed by atoms with E-state index in [0.29, 0.717) is 13.0 Å². The standard InChI is InChI=1S/C16H23BrN2O.C16H25BrN2.2C16H25IN2.C16H25N2.C8H7BrO2.C7H16N2O.3C4H9.Sn/c1-18(11-12-19-9-3-2-4-10-19)16(20)13-14-5-7-15(17)8-6-14;3*1-18(13-14-19-10-3-2-4-11-19)12-9-15-5-7-16(17)8-6-15;1-17(13-10-16-8-4-2-5-9-16)14-15-18-11-6-3-7-12-18;9-7-3-1-6(2-4-7)5-8(10)11;10-8-4-7-9-5-2-1-3-6-9;3*1-3-4-2;/h5-8H,2-4,9-13H2,1H3;3*5-8H,2-4,9-14H2,1H3;4-5,8-9H,3,6-7,10-15H2,1H3;1-4H,5H2,(H,10,11);8,10H,1-7H2;3*1,3-4H2,2H3;/i;;17-2;;;;;;;;. The first kappa shape index (κ1) is 115. The van der Waals surface area contributed by atoms with Gasteiger partial charge in [-0.05, 0) is 304 Å². The molecule has 724 valence electrons. The van der Waals surface area contributed by atoms with Crippen molar-refractivity contribution in [2.24, 2.45) is 0 Å². The molecule has 3 N–H and O–H groups in total. The summed E-state index contributed by atoms with van der Waals surface area (Å²) in [6.07, 6.45) is 38.5. The van der Waals surface area contributed by atoms with Crippen molar-refractivity contribution < 1.29 is 19.9 Å². The van der Waals surface area contributed by atoms with Crippen LogP contribution >= 0.6 is 93.0 Å². The van der Waals surface area contributed by atoms with Crippen LogP contribution in [0.25, 0.3) is 0 Å². The first-order valence-electron chi connectivity index (χ1n) is 50.3. The van der Waals surface area contributed by atoms with Gasteiger partial charge in [0.1, 0.15) is 0 Å². The zero-order chi connectivity index (χ0) is 92.7. The van der Waals surface area contributed by atoms with E-state index in [0.717, 1.165) is 83.1 Å². The second-order valence-electron chi connectivity index (χ2n) is 37.5. The largest absolute Gasteiger partial charge is 0.481 e. The van der Waals surface area contributed by atoms with E-state index in [9.17, 15) is 9.59 Å². The van der Waals surface area contributed by atoms with Gasteiger partial charge in [0.25, 0.3) is 0 Å². The van der Waals surface area contributed by atoms with Crippen LogP contribution in [0.5, 0.6) is 0 Å². The van der Waals surface area contributed by atoms with Gasteiger partial charge in [0, 0.05) is 113 Å². The molecule has 0 aliphatic carbocycles. The van der Waals surface area contributed by atoms with E-state index in [1.165, 1.54) is 327 Å². The molecule has 0 atom stereocenters. The fourth-order valence-corrected chi connectivity index (χ4v) is 35.2. The molecule has 22 heteroatoms. The fourth-order valence-electron chi connectivity index (χ4n) is 17.7. The summed E-state index contributed by atoms with van der Waals surface area (Å²) in [6.45, 7) is 40.3. The number of nitrogens with one attached hydrogen (secondary N) is 1. The maximum atomic E-state index is 12.2. The van der Waals surface area contributed by atoms with E-state index in [2.05, 4.69) is 293 Å². The molecule has 16 nitrogen and oxygen atoms in total. The zero-order valence-electron chi connectivity index (χ0n) is 81.5. The monoisotopic (exact) mass is 2300 g/mol. The number of hydrogen-bond acceptors (Lipinski definition) is 14. The van der Waals surface area contributed by atoms with Crippen molar-refractivity contribution in [2.75, 3.05) is 218 Å². The smallest absolute Gasteiger partial charge is 0.307 e. The molecular formula is C107H173Br3I2N12O4Sn. The Hall–Kier alpha value is -2.52. The average molecular weight is 2300 g/mol. The number of likely N-dealkylation sites (tertiary alicyclic amines) is 6. The van der Waals surface area contributed by atoms with Crippen LogP contribution in [0.2, 0.25) is 13.3 Å². The van der Waals surface area contributed by atoms with Crippen LogP contribution in [0.4, 0.5) is 0 Å². The number of amides is 1. The molecule has 12 rings (SSSR count). The number of aliphatic carboxylic acids is 1. The van der Waals surface area contributed by atoms with Gasteiger partial charge in [0.05, 0.1) is 12.8 Å². The summed E-state index contributed by atoms with van der Waals surface area (Å²) in [5.74, 6) is -0.600. The Morgan fingerprint density at radius 2 is 0.612 bits per heavy atom. The minimum atomic E-state index is -2.25. The Morgan fingerprint density at radius 1 is 0.357 bits per heavy atom. The number of carbonyl (C=O) groups excluding carboxylic acids is 1. The molecule has 129 heavy (non-hydrogen) atoms. The van der Waals surface area contributed by atoms with E-state index in [1.807, 2.05) is 51.9 Å². The Labute approximate surface area is 842 Å². The van der Waals surface area contributed by atoms with Crippen LogP contribution in [-0.4, -0.2) is 313 Å². The first-order valence-corrected chi connectivity index (χ1v) is 62.4. The van der Waals surface area contributed by atoms with Gasteiger partial charge in [-0.3, -0.25) is 9.59 Å². The van der Waals surface area contributed by atoms with Crippen LogP contribution < -0.4 is 9.06 Å². The maximum Gasteiger partial charge on any atom is 0.307 e. The molecule has 6 aliphatic rings. The number of unbranched alkanes of at least 4 members (excludes halogenated alkanes) is 3. The maximum absolute atomic E-state index is 12.2. The third-order valence-electron chi connectivity index (χ3n) is 26.6. The molecule has 6 fully saturated rings. The summed E-state index contributed by atoms with van der Waals surface area (Å²) in [7, 11) is 10.9. The molecule has 1 amide bonds. The van der Waals surface area contributed by atoms with Gasteiger partial charge in [0.15, 0.2) is 0 Å². The van der Waals surface area contributed by atoms with Crippen molar-refractivity contribution >= 4 is 127 Å². The number of likely N-dealkylation sites (N-methyl/N-ethyl adjacent to an activating group) is 5. The van der Waals surface area contributed by atoms with Crippen molar-refractivity contribution in [2.45, 2.75) is 227 Å². The van der Waals surface area contributed by atoms with Crippen LogP contribution in [0, 0.1) is 7.14 Å². The van der Waals surface area contributed by atoms with Gasteiger partial charge >= 0.3 is 199 Å². The molecule has 6 aromatic rings. The number of benzene rings is 6. The molecule has 0 unspecified atom stereocenters. The molecule has 6 aliphatic heterocycles. The van der Waals surface area contributed by atoms with Crippen molar-refractivity contribution in [1.82, 2.24) is 59.4 Å². The number of carboxylic acids is 1. The minimum absolute atomic E-state index is 0.0906. The van der Waals surface area contributed by atoms with Gasteiger partial charge < -0.3 is 54.4 Å². The number of nitrogens with zero attached hydrogens (tertiary/aromatic N) is 11. The quantitative estimate of drug-likeness (QED) is 0.0191. The van der Waals surface area contributed by atoms with Gasteiger partial charge in [0.2, 0.25) is 5.91 Å². The van der Waals surface area contributed by atoms with Gasteiger partial charge in [-0.1, -0.05) is 147 Å². The fraction of sp³-hybridized carbons (Fsp3) is 0.645.